The minimum Gasteiger partial charge on any atom is -0.497 e. The van der Waals surface area contributed by atoms with E-state index in [1.807, 2.05) is 84.6 Å². The van der Waals surface area contributed by atoms with Crippen molar-refractivity contribution in [3.05, 3.63) is 90.5 Å². The molecule has 0 bridgehead atoms. The van der Waals surface area contributed by atoms with Gasteiger partial charge in [0, 0.05) is 17.9 Å². The highest BCUT2D eigenvalue weighted by molar-refractivity contribution is 7.80. The Morgan fingerprint density at radius 3 is 2.11 bits per heavy atom. The summed E-state index contributed by atoms with van der Waals surface area (Å²) in [5.41, 5.74) is 2.99. The predicted octanol–water partition coefficient (Wildman–Crippen LogP) is 6.14. The second-order valence-corrected chi connectivity index (χ2v) is 9.66. The number of nitrogens with one attached hydrogen (secondary N) is 1. The smallest absolute Gasteiger partial charge is 0.234 e. The molecule has 5 nitrogen and oxygen atoms in total. The first-order chi connectivity index (χ1) is 16.9. The molecule has 1 fully saturated rings. The molecule has 3 atom stereocenters. The second kappa shape index (κ2) is 10.9. The lowest BCUT2D eigenvalue weighted by molar-refractivity contribution is -0.133. The average molecular weight is 488 g/mol. The molecule has 6 heteroatoms. The molecule has 0 saturated carbocycles. The van der Waals surface area contributed by atoms with Crippen LogP contribution >= 0.6 is 12.2 Å². The first kappa shape index (κ1) is 24.7. The summed E-state index contributed by atoms with van der Waals surface area (Å²) >= 11 is 5.89. The van der Waals surface area contributed by atoms with Crippen molar-refractivity contribution in [1.82, 2.24) is 4.90 Å². The molecule has 3 aromatic rings. The van der Waals surface area contributed by atoms with E-state index in [4.69, 9.17) is 17.0 Å². The van der Waals surface area contributed by atoms with E-state index >= 15 is 0 Å². The number of rotatable bonds is 8. The molecular formula is C29H33N3O2S. The van der Waals surface area contributed by atoms with Crippen molar-refractivity contribution in [1.29, 1.82) is 0 Å². The van der Waals surface area contributed by atoms with E-state index in [2.05, 4.69) is 36.2 Å². The summed E-state index contributed by atoms with van der Waals surface area (Å²) < 4.78 is 5.30. The molecule has 4 rings (SSSR count). The van der Waals surface area contributed by atoms with Gasteiger partial charge >= 0.3 is 0 Å². The monoisotopic (exact) mass is 487 g/mol. The van der Waals surface area contributed by atoms with Gasteiger partial charge in [-0.05, 0) is 60.1 Å². The topological polar surface area (TPSA) is 44.8 Å². The Labute approximate surface area is 213 Å². The summed E-state index contributed by atoms with van der Waals surface area (Å²) in [6, 6.07) is 27.7. The number of amides is 1. The maximum atomic E-state index is 14.1. The van der Waals surface area contributed by atoms with Gasteiger partial charge in [0.05, 0.1) is 25.1 Å². The third-order valence-electron chi connectivity index (χ3n) is 6.67. The van der Waals surface area contributed by atoms with Crippen LogP contribution in [0.15, 0.2) is 84.9 Å². The van der Waals surface area contributed by atoms with E-state index < -0.39 is 0 Å². The summed E-state index contributed by atoms with van der Waals surface area (Å²) in [6.45, 7) is 6.98. The van der Waals surface area contributed by atoms with Crippen LogP contribution in [0, 0.1) is 11.8 Å². The van der Waals surface area contributed by atoms with Crippen molar-refractivity contribution in [2.45, 2.75) is 32.9 Å². The van der Waals surface area contributed by atoms with Crippen LogP contribution in [0.25, 0.3) is 0 Å². The zero-order chi connectivity index (χ0) is 24.9. The zero-order valence-corrected chi connectivity index (χ0v) is 21.5. The van der Waals surface area contributed by atoms with Crippen LogP contribution in [-0.2, 0) is 4.79 Å². The average Bonchev–Trinajstić information content (AvgIpc) is 3.25. The Morgan fingerprint density at radius 1 is 0.943 bits per heavy atom. The summed E-state index contributed by atoms with van der Waals surface area (Å²) in [6.07, 6.45) is 0. The van der Waals surface area contributed by atoms with Crippen LogP contribution in [0.2, 0.25) is 0 Å². The van der Waals surface area contributed by atoms with Gasteiger partial charge in [0.25, 0.3) is 0 Å². The van der Waals surface area contributed by atoms with Crippen LogP contribution in [0.4, 0.5) is 11.4 Å². The molecule has 3 aromatic carbocycles. The number of ether oxygens (including phenoxy) is 1. The van der Waals surface area contributed by atoms with Crippen molar-refractivity contribution < 1.29 is 9.53 Å². The Bertz CT molecular complexity index is 1140. The maximum Gasteiger partial charge on any atom is 0.234 e. The van der Waals surface area contributed by atoms with E-state index in [1.54, 1.807) is 7.11 Å². The Hall–Kier alpha value is -3.38. The Balaban J connectivity index is 1.64. The third-order valence-corrected chi connectivity index (χ3v) is 7.09. The molecule has 0 spiro atoms. The van der Waals surface area contributed by atoms with Crippen LogP contribution in [0.5, 0.6) is 5.75 Å². The summed E-state index contributed by atoms with van der Waals surface area (Å²) in [5, 5.41) is 4.16. The highest BCUT2D eigenvalue weighted by Crippen LogP contribution is 2.34. The van der Waals surface area contributed by atoms with Gasteiger partial charge in [0.2, 0.25) is 5.91 Å². The van der Waals surface area contributed by atoms with E-state index in [0.29, 0.717) is 11.7 Å². The van der Waals surface area contributed by atoms with E-state index in [9.17, 15) is 4.79 Å². The lowest BCUT2D eigenvalue weighted by Gasteiger charge is -2.32. The fraction of sp³-hybridized carbons (Fsp3) is 0.310. The molecule has 1 N–H and O–H groups in total. The van der Waals surface area contributed by atoms with Gasteiger partial charge < -0.3 is 15.0 Å². The Morgan fingerprint density at radius 2 is 1.54 bits per heavy atom. The fourth-order valence-electron chi connectivity index (χ4n) is 4.60. The van der Waals surface area contributed by atoms with E-state index in [0.717, 1.165) is 22.7 Å². The minimum absolute atomic E-state index is 0.00932. The number of nitrogens with zero attached hydrogens (tertiary/aromatic N) is 2. The van der Waals surface area contributed by atoms with Crippen LogP contribution in [0.1, 0.15) is 32.4 Å². The molecule has 182 valence electrons. The van der Waals surface area contributed by atoms with Gasteiger partial charge in [0.1, 0.15) is 5.75 Å². The first-order valence-corrected chi connectivity index (χ1v) is 12.5. The Kier molecular flexibility index (Phi) is 7.71. The van der Waals surface area contributed by atoms with Gasteiger partial charge in [0.15, 0.2) is 5.11 Å². The number of carbonyl (C=O) groups excluding carboxylic acids is 1. The van der Waals surface area contributed by atoms with Gasteiger partial charge in [-0.2, -0.15) is 0 Å². The molecular weight excluding hydrogens is 454 g/mol. The summed E-state index contributed by atoms with van der Waals surface area (Å²) in [5.74, 6) is 0.734. The van der Waals surface area contributed by atoms with Gasteiger partial charge in [-0.3, -0.25) is 9.69 Å². The number of carbonyl (C=O) groups is 1. The normalized spacial score (nSPS) is 17.4. The van der Waals surface area contributed by atoms with Crippen molar-refractivity contribution in [3.8, 4) is 5.75 Å². The van der Waals surface area contributed by atoms with Gasteiger partial charge in [-0.1, -0.05) is 69.3 Å². The van der Waals surface area contributed by atoms with Crippen molar-refractivity contribution in [2.75, 3.05) is 23.9 Å². The molecule has 35 heavy (non-hydrogen) atoms. The molecule has 0 unspecified atom stereocenters. The van der Waals surface area contributed by atoms with Crippen molar-refractivity contribution in [2.24, 2.45) is 11.8 Å². The number of hydrogen-bond donors (Lipinski definition) is 1. The number of anilines is 2. The number of para-hydroxylation sites is 1. The number of methoxy groups -OCH3 is 1. The highest BCUT2D eigenvalue weighted by Gasteiger charge is 2.43. The molecule has 0 radical (unpaired) electrons. The van der Waals surface area contributed by atoms with Crippen LogP contribution in [0.3, 0.4) is 0 Å². The first-order valence-electron chi connectivity index (χ1n) is 12.1. The standard InChI is InChI=1S/C29H33N3O2S/c1-20(2)26-19-31(24-13-9-6-10-14-24)29(35)32(26)28(33)21(3)27(22-11-7-5-8-12-22)30-23-15-17-25(34-4)18-16-23/h5-18,20-21,26-27,30H,19H2,1-4H3/t21-,26-,27+/m1/s1. The minimum atomic E-state index is -0.352. The maximum absolute atomic E-state index is 14.1. The van der Waals surface area contributed by atoms with Crippen LogP contribution in [-0.4, -0.2) is 35.6 Å². The van der Waals surface area contributed by atoms with Gasteiger partial charge in [-0.25, -0.2) is 0 Å². The molecule has 1 amide bonds. The van der Waals surface area contributed by atoms with E-state index in [1.165, 1.54) is 0 Å². The molecule has 1 heterocycles. The summed E-state index contributed by atoms with van der Waals surface area (Å²) in [7, 11) is 1.65. The zero-order valence-electron chi connectivity index (χ0n) is 20.7. The predicted molar refractivity (Wildman–Crippen MR) is 147 cm³/mol. The molecule has 0 aliphatic carbocycles. The van der Waals surface area contributed by atoms with Gasteiger partial charge in [-0.15, -0.1) is 0 Å². The molecule has 1 aliphatic heterocycles. The van der Waals surface area contributed by atoms with Crippen LogP contribution < -0.4 is 15.0 Å². The fourth-order valence-corrected chi connectivity index (χ4v) is 5.00. The summed E-state index contributed by atoms with van der Waals surface area (Å²) in [4.78, 5) is 18.0. The number of benzene rings is 3. The number of hydrogen-bond acceptors (Lipinski definition) is 4. The quantitative estimate of drug-likeness (QED) is 0.387. The lowest BCUT2D eigenvalue weighted by atomic mass is 9.92. The van der Waals surface area contributed by atoms with E-state index in [-0.39, 0.29) is 29.8 Å². The third kappa shape index (κ3) is 5.33. The largest absolute Gasteiger partial charge is 0.497 e. The van der Waals surface area contributed by atoms with Crippen molar-refractivity contribution in [3.63, 3.8) is 0 Å². The van der Waals surface area contributed by atoms with Crippen molar-refractivity contribution >= 4 is 34.6 Å². The molecule has 1 aliphatic rings. The second-order valence-electron chi connectivity index (χ2n) is 9.30. The molecule has 0 aromatic heterocycles. The SMILES string of the molecule is COc1ccc(N[C@H](c2ccccc2)[C@@H](C)C(=O)N2C(=S)N(c3ccccc3)C[C@@H]2C(C)C)cc1. The highest BCUT2D eigenvalue weighted by atomic mass is 32.1. The lowest BCUT2D eigenvalue weighted by Crippen LogP contribution is -2.46. The number of thiocarbonyl (C=S) groups is 1. The molecule has 1 saturated heterocycles.